The van der Waals surface area contributed by atoms with Crippen LogP contribution in [-0.2, 0) is 11.3 Å². The minimum Gasteiger partial charge on any atom is -0.352 e. The van der Waals surface area contributed by atoms with Gasteiger partial charge < -0.3 is 10.2 Å². The number of carbonyl (C=O) groups is 2. The van der Waals surface area contributed by atoms with Crippen LogP contribution in [0.2, 0.25) is 0 Å². The smallest absolute Gasteiger partial charge is 0.253 e. The van der Waals surface area contributed by atoms with E-state index in [1.165, 1.54) is 12.8 Å². The summed E-state index contributed by atoms with van der Waals surface area (Å²) >= 11 is 0. The molecule has 1 aromatic rings. The summed E-state index contributed by atoms with van der Waals surface area (Å²) in [5.74, 6) is 0.354. The molecule has 0 saturated heterocycles. The molecule has 0 radical (unpaired) electrons. The molecule has 1 aliphatic carbocycles. The third-order valence-corrected chi connectivity index (χ3v) is 3.80. The SMILES string of the molecule is CN(C)C(=O)c1ccc(CNC(=O)C2CCCC2)cc1. The minimum absolute atomic E-state index is 0.00783. The monoisotopic (exact) mass is 274 g/mol. The lowest BCUT2D eigenvalue weighted by molar-refractivity contribution is -0.124. The van der Waals surface area contributed by atoms with Crippen LogP contribution in [-0.4, -0.2) is 30.8 Å². The van der Waals surface area contributed by atoms with Crippen LogP contribution in [0.25, 0.3) is 0 Å². The molecule has 4 nitrogen and oxygen atoms in total. The van der Waals surface area contributed by atoms with E-state index >= 15 is 0 Å². The molecule has 0 atom stereocenters. The van der Waals surface area contributed by atoms with Gasteiger partial charge in [-0.3, -0.25) is 9.59 Å². The van der Waals surface area contributed by atoms with Crippen molar-refractivity contribution in [2.45, 2.75) is 32.2 Å². The Hall–Kier alpha value is -1.84. The van der Waals surface area contributed by atoms with Gasteiger partial charge in [0.1, 0.15) is 0 Å². The number of hydrogen-bond acceptors (Lipinski definition) is 2. The topological polar surface area (TPSA) is 49.4 Å². The van der Waals surface area contributed by atoms with E-state index in [2.05, 4.69) is 5.32 Å². The van der Waals surface area contributed by atoms with Gasteiger partial charge in [0, 0.05) is 32.1 Å². The highest BCUT2D eigenvalue weighted by molar-refractivity contribution is 5.93. The molecule has 0 heterocycles. The van der Waals surface area contributed by atoms with Crippen LogP contribution in [0.1, 0.15) is 41.6 Å². The zero-order valence-electron chi connectivity index (χ0n) is 12.2. The Balaban J connectivity index is 1.87. The van der Waals surface area contributed by atoms with Crippen molar-refractivity contribution in [3.63, 3.8) is 0 Å². The maximum atomic E-state index is 11.9. The van der Waals surface area contributed by atoms with Gasteiger partial charge in [-0.25, -0.2) is 0 Å². The molecular formula is C16H22N2O2. The maximum absolute atomic E-state index is 11.9. The molecule has 1 aliphatic rings. The van der Waals surface area contributed by atoms with E-state index < -0.39 is 0 Å². The molecule has 0 aliphatic heterocycles. The zero-order chi connectivity index (χ0) is 14.5. The van der Waals surface area contributed by atoms with E-state index in [-0.39, 0.29) is 17.7 Å². The lowest BCUT2D eigenvalue weighted by atomic mass is 10.1. The first-order valence-electron chi connectivity index (χ1n) is 7.16. The quantitative estimate of drug-likeness (QED) is 0.915. The van der Waals surface area contributed by atoms with Crippen molar-refractivity contribution in [2.75, 3.05) is 14.1 Å². The number of nitrogens with one attached hydrogen (secondary N) is 1. The van der Waals surface area contributed by atoms with Gasteiger partial charge in [-0.1, -0.05) is 25.0 Å². The molecule has 1 N–H and O–H groups in total. The van der Waals surface area contributed by atoms with Crippen LogP contribution in [0.5, 0.6) is 0 Å². The largest absolute Gasteiger partial charge is 0.352 e. The maximum Gasteiger partial charge on any atom is 0.253 e. The molecule has 1 aromatic carbocycles. The predicted octanol–water partition coefficient (Wildman–Crippen LogP) is 2.19. The van der Waals surface area contributed by atoms with Crippen LogP contribution < -0.4 is 5.32 Å². The highest BCUT2D eigenvalue weighted by Crippen LogP contribution is 2.24. The Morgan fingerprint density at radius 1 is 1.15 bits per heavy atom. The Morgan fingerprint density at radius 3 is 2.30 bits per heavy atom. The lowest BCUT2D eigenvalue weighted by Crippen LogP contribution is -2.28. The summed E-state index contributed by atoms with van der Waals surface area (Å²) in [6.45, 7) is 0.534. The van der Waals surface area contributed by atoms with E-state index in [0.717, 1.165) is 18.4 Å². The van der Waals surface area contributed by atoms with Gasteiger partial charge in [-0.15, -0.1) is 0 Å². The van der Waals surface area contributed by atoms with E-state index in [1.54, 1.807) is 31.1 Å². The van der Waals surface area contributed by atoms with Gasteiger partial charge in [-0.2, -0.15) is 0 Å². The van der Waals surface area contributed by atoms with Crippen molar-refractivity contribution in [3.8, 4) is 0 Å². The first-order chi connectivity index (χ1) is 9.58. The second-order valence-electron chi connectivity index (χ2n) is 5.60. The number of rotatable bonds is 4. The Kier molecular flexibility index (Phi) is 4.77. The second-order valence-corrected chi connectivity index (χ2v) is 5.60. The third-order valence-electron chi connectivity index (χ3n) is 3.80. The van der Waals surface area contributed by atoms with E-state index in [1.807, 2.05) is 12.1 Å². The zero-order valence-corrected chi connectivity index (χ0v) is 12.2. The van der Waals surface area contributed by atoms with Crippen molar-refractivity contribution >= 4 is 11.8 Å². The van der Waals surface area contributed by atoms with Crippen LogP contribution in [0.15, 0.2) is 24.3 Å². The van der Waals surface area contributed by atoms with Crippen LogP contribution in [0.4, 0.5) is 0 Å². The fourth-order valence-corrected chi connectivity index (χ4v) is 2.54. The highest BCUT2D eigenvalue weighted by atomic mass is 16.2. The number of carbonyl (C=O) groups excluding carboxylic acids is 2. The van der Waals surface area contributed by atoms with Gasteiger partial charge in [0.15, 0.2) is 0 Å². The molecule has 2 rings (SSSR count). The molecular weight excluding hydrogens is 252 g/mol. The van der Waals surface area contributed by atoms with Crippen LogP contribution in [0.3, 0.4) is 0 Å². The Morgan fingerprint density at radius 2 is 1.75 bits per heavy atom. The first kappa shape index (κ1) is 14.6. The van der Waals surface area contributed by atoms with Crippen molar-refractivity contribution in [1.29, 1.82) is 0 Å². The summed E-state index contributed by atoms with van der Waals surface area (Å²) in [4.78, 5) is 25.2. The summed E-state index contributed by atoms with van der Waals surface area (Å²) in [6, 6.07) is 7.40. The standard InChI is InChI=1S/C16H22N2O2/c1-18(2)16(20)14-9-7-12(8-10-14)11-17-15(19)13-5-3-4-6-13/h7-10,13H,3-6,11H2,1-2H3,(H,17,19). The fraction of sp³-hybridized carbons (Fsp3) is 0.500. The Labute approximate surface area is 120 Å². The summed E-state index contributed by atoms with van der Waals surface area (Å²) in [7, 11) is 3.47. The van der Waals surface area contributed by atoms with Crippen LogP contribution >= 0.6 is 0 Å². The molecule has 0 bridgehead atoms. The molecule has 20 heavy (non-hydrogen) atoms. The molecule has 0 unspecified atom stereocenters. The minimum atomic E-state index is -0.00783. The van der Waals surface area contributed by atoms with Crippen LogP contribution in [0, 0.1) is 5.92 Å². The van der Waals surface area contributed by atoms with E-state index in [0.29, 0.717) is 12.1 Å². The summed E-state index contributed by atoms with van der Waals surface area (Å²) in [5.41, 5.74) is 1.69. The summed E-state index contributed by atoms with van der Waals surface area (Å²) in [5, 5.41) is 2.98. The number of hydrogen-bond donors (Lipinski definition) is 1. The average Bonchev–Trinajstić information content (AvgIpc) is 2.98. The molecule has 0 aromatic heterocycles. The summed E-state index contributed by atoms with van der Waals surface area (Å²) < 4.78 is 0. The number of benzene rings is 1. The lowest BCUT2D eigenvalue weighted by Gasteiger charge is -2.12. The average molecular weight is 274 g/mol. The number of amides is 2. The van der Waals surface area contributed by atoms with Crippen molar-refractivity contribution in [1.82, 2.24) is 10.2 Å². The van der Waals surface area contributed by atoms with Gasteiger partial charge in [0.05, 0.1) is 0 Å². The highest BCUT2D eigenvalue weighted by Gasteiger charge is 2.22. The molecule has 108 valence electrons. The fourth-order valence-electron chi connectivity index (χ4n) is 2.54. The number of nitrogens with zero attached hydrogens (tertiary/aromatic N) is 1. The van der Waals surface area contributed by atoms with Crippen molar-refractivity contribution in [2.24, 2.45) is 5.92 Å². The molecule has 1 saturated carbocycles. The normalized spacial score (nSPS) is 15.1. The Bertz CT molecular complexity index is 474. The molecule has 4 heteroatoms. The first-order valence-corrected chi connectivity index (χ1v) is 7.16. The van der Waals surface area contributed by atoms with Gasteiger partial charge >= 0.3 is 0 Å². The van der Waals surface area contributed by atoms with Gasteiger partial charge in [0.2, 0.25) is 5.91 Å². The van der Waals surface area contributed by atoms with Gasteiger partial charge in [-0.05, 0) is 30.5 Å². The van der Waals surface area contributed by atoms with E-state index in [9.17, 15) is 9.59 Å². The predicted molar refractivity (Wildman–Crippen MR) is 78.3 cm³/mol. The molecule has 1 fully saturated rings. The third kappa shape index (κ3) is 3.59. The summed E-state index contributed by atoms with van der Waals surface area (Å²) in [6.07, 6.45) is 4.36. The molecule has 2 amide bonds. The van der Waals surface area contributed by atoms with Crippen molar-refractivity contribution < 1.29 is 9.59 Å². The molecule has 0 spiro atoms. The van der Waals surface area contributed by atoms with Gasteiger partial charge in [0.25, 0.3) is 5.91 Å². The second kappa shape index (κ2) is 6.55. The van der Waals surface area contributed by atoms with E-state index in [4.69, 9.17) is 0 Å². The van der Waals surface area contributed by atoms with Crippen molar-refractivity contribution in [3.05, 3.63) is 35.4 Å².